The van der Waals surface area contributed by atoms with Gasteiger partial charge in [-0.15, -0.1) is 0 Å². The third kappa shape index (κ3) is 4.33. The summed E-state index contributed by atoms with van der Waals surface area (Å²) in [5.41, 5.74) is 8.17. The first-order chi connectivity index (χ1) is 14.1. The van der Waals surface area contributed by atoms with Crippen LogP contribution in [0.5, 0.6) is 5.75 Å². The van der Waals surface area contributed by atoms with Gasteiger partial charge in [-0.1, -0.05) is 20.8 Å². The lowest BCUT2D eigenvalue weighted by atomic mass is 9.98. The predicted molar refractivity (Wildman–Crippen MR) is 112 cm³/mol. The fourth-order valence-corrected chi connectivity index (χ4v) is 3.02. The van der Waals surface area contributed by atoms with Crippen LogP contribution >= 0.6 is 0 Å². The van der Waals surface area contributed by atoms with E-state index in [0.29, 0.717) is 40.6 Å². The summed E-state index contributed by atoms with van der Waals surface area (Å²) < 4.78 is 20.6. The van der Waals surface area contributed by atoms with Crippen molar-refractivity contribution in [3.05, 3.63) is 65.1 Å². The summed E-state index contributed by atoms with van der Waals surface area (Å²) in [6.45, 7) is 8.28. The number of benzene rings is 2. The number of rotatable bonds is 5. The number of primary amides is 1. The zero-order valence-corrected chi connectivity index (χ0v) is 17.4. The molecule has 0 saturated carbocycles. The van der Waals surface area contributed by atoms with Gasteiger partial charge in [0.15, 0.2) is 0 Å². The number of nitrogens with two attached hydrogens (primary N) is 1. The highest BCUT2D eigenvalue weighted by Gasteiger charge is 2.22. The number of hydrogen-bond donors (Lipinski definition) is 1. The van der Waals surface area contributed by atoms with E-state index < -0.39 is 5.91 Å². The number of halogens is 1. The van der Waals surface area contributed by atoms with Gasteiger partial charge in [0.2, 0.25) is 0 Å². The Morgan fingerprint density at radius 2 is 1.90 bits per heavy atom. The molecule has 0 fully saturated rings. The minimum Gasteiger partial charge on any atom is -0.492 e. The van der Waals surface area contributed by atoms with Gasteiger partial charge in [0.1, 0.15) is 23.3 Å². The van der Waals surface area contributed by atoms with E-state index in [0.717, 1.165) is 0 Å². The van der Waals surface area contributed by atoms with Crippen molar-refractivity contribution in [2.24, 2.45) is 11.1 Å². The second-order valence-corrected chi connectivity index (χ2v) is 8.23. The summed E-state index contributed by atoms with van der Waals surface area (Å²) in [6.07, 6.45) is 0. The number of carbonyl (C=O) groups excluding carboxylic acids is 1. The smallest absolute Gasteiger partial charge is 0.252 e. The molecular weight excluding hydrogens is 383 g/mol. The summed E-state index contributed by atoms with van der Waals surface area (Å²) in [7, 11) is 0. The second kappa shape index (κ2) is 7.99. The lowest BCUT2D eigenvalue weighted by Crippen LogP contribution is -2.17. The first-order valence-corrected chi connectivity index (χ1v) is 9.43. The molecule has 6 nitrogen and oxygen atoms in total. The molecule has 30 heavy (non-hydrogen) atoms. The molecule has 3 rings (SSSR count). The summed E-state index contributed by atoms with van der Waals surface area (Å²) in [4.78, 5) is 12.2. The van der Waals surface area contributed by atoms with Crippen LogP contribution in [0.15, 0.2) is 42.5 Å². The molecule has 7 heteroatoms. The topological polar surface area (TPSA) is 93.9 Å². The van der Waals surface area contributed by atoms with Crippen LogP contribution in [0.2, 0.25) is 0 Å². The molecule has 3 aromatic rings. The van der Waals surface area contributed by atoms with Crippen LogP contribution in [-0.2, 0) is 0 Å². The average Bonchev–Trinajstić information content (AvgIpc) is 3.03. The van der Waals surface area contributed by atoms with Crippen molar-refractivity contribution in [3.63, 3.8) is 0 Å². The number of nitriles is 1. The molecule has 0 aliphatic heterocycles. The molecule has 0 aliphatic carbocycles. The molecule has 0 spiro atoms. The van der Waals surface area contributed by atoms with Crippen LogP contribution in [0, 0.1) is 29.5 Å². The normalized spacial score (nSPS) is 11.2. The number of hydrogen-bond acceptors (Lipinski definition) is 4. The molecule has 1 amide bonds. The van der Waals surface area contributed by atoms with Gasteiger partial charge < -0.3 is 10.5 Å². The lowest BCUT2D eigenvalue weighted by molar-refractivity contribution is 0.100. The Labute approximate surface area is 174 Å². The maximum atomic E-state index is 13.3. The molecule has 2 aromatic carbocycles. The molecule has 0 unspecified atom stereocenters. The number of nitrogens with zero attached hydrogens (tertiary/aromatic N) is 3. The molecule has 0 bridgehead atoms. The highest BCUT2D eigenvalue weighted by atomic mass is 19.1. The Kier molecular flexibility index (Phi) is 5.61. The van der Waals surface area contributed by atoms with E-state index in [1.54, 1.807) is 37.3 Å². The molecule has 154 valence electrons. The van der Waals surface area contributed by atoms with E-state index in [2.05, 4.69) is 11.2 Å². The van der Waals surface area contributed by atoms with Gasteiger partial charge in [-0.05, 0) is 54.8 Å². The van der Waals surface area contributed by atoms with Gasteiger partial charge in [0.05, 0.1) is 29.1 Å². The Balaban J connectivity index is 2.09. The fourth-order valence-electron chi connectivity index (χ4n) is 3.02. The van der Waals surface area contributed by atoms with E-state index in [1.165, 1.54) is 16.8 Å². The van der Waals surface area contributed by atoms with Crippen molar-refractivity contribution < 1.29 is 13.9 Å². The highest BCUT2D eigenvalue weighted by molar-refractivity contribution is 6.00. The summed E-state index contributed by atoms with van der Waals surface area (Å²) in [5, 5.41) is 14.1. The third-order valence-corrected chi connectivity index (χ3v) is 4.47. The monoisotopic (exact) mass is 406 g/mol. The molecule has 2 N–H and O–H groups in total. The van der Waals surface area contributed by atoms with E-state index in [-0.39, 0.29) is 16.8 Å². The zero-order chi connectivity index (χ0) is 22.1. The van der Waals surface area contributed by atoms with Crippen molar-refractivity contribution in [3.8, 4) is 28.8 Å². The maximum absolute atomic E-state index is 13.3. The van der Waals surface area contributed by atoms with Gasteiger partial charge in [-0.25, -0.2) is 9.07 Å². The van der Waals surface area contributed by atoms with Crippen molar-refractivity contribution in [2.45, 2.75) is 27.7 Å². The Hall–Kier alpha value is -3.66. The minimum atomic E-state index is -0.637. The van der Waals surface area contributed by atoms with Gasteiger partial charge in [-0.2, -0.15) is 10.4 Å². The SMILES string of the molecule is Cc1c(C(N)=O)c(-c2ccc(OCC(C)(C)C)c(C#N)c2)nn1-c1ccc(F)cc1. The highest BCUT2D eigenvalue weighted by Crippen LogP contribution is 2.31. The van der Waals surface area contributed by atoms with Crippen molar-refractivity contribution in [2.75, 3.05) is 6.61 Å². The first kappa shape index (κ1) is 21.1. The largest absolute Gasteiger partial charge is 0.492 e. The van der Waals surface area contributed by atoms with Crippen molar-refractivity contribution in [1.29, 1.82) is 5.26 Å². The lowest BCUT2D eigenvalue weighted by Gasteiger charge is -2.19. The van der Waals surface area contributed by atoms with Crippen LogP contribution < -0.4 is 10.5 Å². The van der Waals surface area contributed by atoms with Gasteiger partial charge in [-0.3, -0.25) is 4.79 Å². The Bertz CT molecular complexity index is 1140. The van der Waals surface area contributed by atoms with Gasteiger partial charge in [0, 0.05) is 5.56 Å². The van der Waals surface area contributed by atoms with E-state index >= 15 is 0 Å². The quantitative estimate of drug-likeness (QED) is 0.680. The molecule has 1 heterocycles. The van der Waals surface area contributed by atoms with Crippen LogP contribution in [0.25, 0.3) is 16.9 Å². The Morgan fingerprint density at radius 3 is 2.47 bits per heavy atom. The van der Waals surface area contributed by atoms with Gasteiger partial charge in [0.25, 0.3) is 5.91 Å². The minimum absolute atomic E-state index is 0.0599. The second-order valence-electron chi connectivity index (χ2n) is 8.23. The van der Waals surface area contributed by atoms with Crippen LogP contribution in [0.3, 0.4) is 0 Å². The molecule has 0 aliphatic rings. The Morgan fingerprint density at radius 1 is 1.23 bits per heavy atom. The summed E-state index contributed by atoms with van der Waals surface area (Å²) in [6, 6.07) is 12.9. The average molecular weight is 406 g/mol. The van der Waals surface area contributed by atoms with Crippen molar-refractivity contribution >= 4 is 5.91 Å². The molecule has 0 atom stereocenters. The van der Waals surface area contributed by atoms with Crippen molar-refractivity contribution in [1.82, 2.24) is 9.78 Å². The zero-order valence-electron chi connectivity index (χ0n) is 17.4. The molecule has 0 saturated heterocycles. The molecule has 1 aromatic heterocycles. The van der Waals surface area contributed by atoms with E-state index in [4.69, 9.17) is 10.5 Å². The standard InChI is InChI=1S/C23H23FN4O2/c1-14-20(22(26)29)21(27-28(14)18-8-6-17(24)7-9-18)15-5-10-19(16(11-15)12-25)30-13-23(2,3)4/h5-11H,13H2,1-4H3,(H2,26,29). The van der Waals surface area contributed by atoms with Gasteiger partial charge >= 0.3 is 0 Å². The first-order valence-electron chi connectivity index (χ1n) is 9.43. The fraction of sp³-hybridized carbons (Fsp3) is 0.261. The summed E-state index contributed by atoms with van der Waals surface area (Å²) in [5.74, 6) is -0.544. The number of aromatic nitrogens is 2. The number of carbonyl (C=O) groups is 1. The maximum Gasteiger partial charge on any atom is 0.252 e. The van der Waals surface area contributed by atoms with Crippen LogP contribution in [0.4, 0.5) is 4.39 Å². The molecule has 0 radical (unpaired) electrons. The predicted octanol–water partition coefficient (Wildman–Crippen LogP) is 4.38. The molecular formula is C23H23FN4O2. The van der Waals surface area contributed by atoms with E-state index in [1.807, 2.05) is 20.8 Å². The summed E-state index contributed by atoms with van der Waals surface area (Å²) >= 11 is 0. The van der Waals surface area contributed by atoms with Crippen LogP contribution in [-0.4, -0.2) is 22.3 Å². The number of ether oxygens (including phenoxy) is 1. The number of amides is 1. The van der Waals surface area contributed by atoms with Crippen LogP contribution in [0.1, 0.15) is 42.4 Å². The third-order valence-electron chi connectivity index (χ3n) is 4.47. The van der Waals surface area contributed by atoms with E-state index in [9.17, 15) is 14.4 Å².